The Kier molecular flexibility index (Phi) is 5.38. The van der Waals surface area contributed by atoms with E-state index in [0.717, 1.165) is 23.4 Å². The van der Waals surface area contributed by atoms with Crippen LogP contribution in [0.4, 0.5) is 4.39 Å². The number of hydrogen-bond donors (Lipinski definition) is 1. The topological polar surface area (TPSA) is 29.5 Å². The Hall–Kier alpha value is -2.36. The van der Waals surface area contributed by atoms with Gasteiger partial charge in [0.05, 0.1) is 6.10 Å². The van der Waals surface area contributed by atoms with E-state index in [4.69, 9.17) is 16.3 Å². The van der Waals surface area contributed by atoms with Gasteiger partial charge in [-0.05, 0) is 78.6 Å². The Labute approximate surface area is 169 Å². The van der Waals surface area contributed by atoms with E-state index < -0.39 is 11.9 Å². The fourth-order valence-electron chi connectivity index (χ4n) is 3.73. The number of halogens is 2. The van der Waals surface area contributed by atoms with Crippen molar-refractivity contribution < 1.29 is 14.2 Å². The normalized spacial score (nSPS) is 15.8. The molecular weight excluding hydrogens is 375 g/mol. The van der Waals surface area contributed by atoms with Gasteiger partial charge in [0.15, 0.2) is 11.6 Å². The molecule has 0 heterocycles. The molecule has 0 aromatic heterocycles. The van der Waals surface area contributed by atoms with Crippen molar-refractivity contribution in [3.05, 3.63) is 94.8 Å². The van der Waals surface area contributed by atoms with E-state index in [9.17, 15) is 9.50 Å². The Morgan fingerprint density at radius 2 is 1.71 bits per heavy atom. The van der Waals surface area contributed by atoms with Crippen LogP contribution in [-0.2, 0) is 11.8 Å². The van der Waals surface area contributed by atoms with E-state index in [2.05, 4.69) is 0 Å². The number of benzene rings is 3. The van der Waals surface area contributed by atoms with Crippen LogP contribution < -0.4 is 4.74 Å². The highest BCUT2D eigenvalue weighted by Gasteiger charge is 2.45. The number of ether oxygens (including phenoxy) is 1. The molecule has 1 saturated carbocycles. The van der Waals surface area contributed by atoms with Gasteiger partial charge >= 0.3 is 0 Å². The summed E-state index contributed by atoms with van der Waals surface area (Å²) >= 11 is 5.99. The lowest BCUT2D eigenvalue weighted by Crippen LogP contribution is -2.20. The van der Waals surface area contributed by atoms with Crippen LogP contribution in [0, 0.1) is 5.82 Å². The highest BCUT2D eigenvalue weighted by molar-refractivity contribution is 6.30. The van der Waals surface area contributed by atoms with Crippen LogP contribution in [0.1, 0.15) is 30.4 Å². The average Bonchev–Trinajstić information content (AvgIpc) is 3.46. The van der Waals surface area contributed by atoms with Gasteiger partial charge in [-0.15, -0.1) is 0 Å². The SMILES string of the molecule is OC(Cc1ccc(F)c(Oc2ccccc2)c1)CC1(c2ccc(Cl)cc2)CC1. The van der Waals surface area contributed by atoms with Gasteiger partial charge in [-0.2, -0.15) is 0 Å². The molecule has 4 heteroatoms. The zero-order chi connectivity index (χ0) is 19.6. The predicted molar refractivity (Wildman–Crippen MR) is 110 cm³/mol. The molecule has 0 aliphatic heterocycles. The standard InChI is InChI=1S/C24H22ClFO2/c25-19-9-7-18(8-10-19)24(12-13-24)16-20(27)14-17-6-11-22(26)23(15-17)28-21-4-2-1-3-5-21/h1-11,15,20,27H,12-14,16H2. The Balaban J connectivity index is 1.44. The molecule has 1 fully saturated rings. The predicted octanol–water partition coefficient (Wildman–Crippen LogP) is 6.30. The second-order valence-electron chi connectivity index (χ2n) is 7.53. The van der Waals surface area contributed by atoms with Crippen LogP contribution >= 0.6 is 11.6 Å². The van der Waals surface area contributed by atoms with Crippen LogP contribution in [0.25, 0.3) is 0 Å². The van der Waals surface area contributed by atoms with Gasteiger partial charge in [-0.1, -0.05) is 48.0 Å². The molecule has 0 saturated heterocycles. The Morgan fingerprint density at radius 3 is 2.39 bits per heavy atom. The van der Waals surface area contributed by atoms with Crippen LogP contribution in [0.3, 0.4) is 0 Å². The van der Waals surface area contributed by atoms with E-state index in [1.165, 1.54) is 11.6 Å². The summed E-state index contributed by atoms with van der Waals surface area (Å²) in [5.74, 6) is 0.343. The van der Waals surface area contributed by atoms with Crippen LogP contribution in [0.2, 0.25) is 5.02 Å². The number of para-hydroxylation sites is 1. The summed E-state index contributed by atoms with van der Waals surface area (Å²) < 4.78 is 19.8. The molecule has 1 unspecified atom stereocenters. The first-order valence-corrected chi connectivity index (χ1v) is 9.87. The minimum absolute atomic E-state index is 0.0351. The average molecular weight is 397 g/mol. The molecule has 144 valence electrons. The number of rotatable bonds is 7. The van der Waals surface area contributed by atoms with E-state index >= 15 is 0 Å². The molecule has 2 nitrogen and oxygen atoms in total. The first kappa shape index (κ1) is 19.0. The fourth-order valence-corrected chi connectivity index (χ4v) is 3.85. The number of hydrogen-bond acceptors (Lipinski definition) is 2. The second kappa shape index (κ2) is 7.94. The fraction of sp³-hybridized carbons (Fsp3) is 0.250. The summed E-state index contributed by atoms with van der Waals surface area (Å²) in [5.41, 5.74) is 2.11. The summed E-state index contributed by atoms with van der Waals surface area (Å²) in [4.78, 5) is 0. The molecule has 1 aliphatic rings. The largest absolute Gasteiger partial charge is 0.454 e. The lowest BCUT2D eigenvalue weighted by molar-refractivity contribution is 0.151. The maximum Gasteiger partial charge on any atom is 0.165 e. The van der Waals surface area contributed by atoms with Crippen LogP contribution in [0.5, 0.6) is 11.5 Å². The van der Waals surface area contributed by atoms with Crippen LogP contribution in [0.15, 0.2) is 72.8 Å². The minimum atomic E-state index is -0.506. The van der Waals surface area contributed by atoms with Crippen molar-refractivity contribution in [2.24, 2.45) is 0 Å². The molecule has 28 heavy (non-hydrogen) atoms. The van der Waals surface area contributed by atoms with Crippen molar-refractivity contribution in [2.75, 3.05) is 0 Å². The van der Waals surface area contributed by atoms with Crippen molar-refractivity contribution in [2.45, 2.75) is 37.2 Å². The highest BCUT2D eigenvalue weighted by atomic mass is 35.5. The molecule has 3 aromatic rings. The lowest BCUT2D eigenvalue weighted by atomic mass is 9.88. The molecule has 0 spiro atoms. The van der Waals surface area contributed by atoms with Crippen molar-refractivity contribution >= 4 is 11.6 Å². The summed E-state index contributed by atoms with van der Waals surface area (Å²) in [6, 6.07) is 21.8. The maximum absolute atomic E-state index is 14.1. The van der Waals surface area contributed by atoms with Gasteiger partial charge in [0, 0.05) is 5.02 Å². The Bertz CT molecular complexity index is 937. The molecular formula is C24H22ClFO2. The van der Waals surface area contributed by atoms with Gasteiger partial charge in [0.25, 0.3) is 0 Å². The zero-order valence-corrected chi connectivity index (χ0v) is 16.2. The van der Waals surface area contributed by atoms with Crippen molar-refractivity contribution in [1.82, 2.24) is 0 Å². The first-order chi connectivity index (χ1) is 13.5. The lowest BCUT2D eigenvalue weighted by Gasteiger charge is -2.20. The molecule has 1 aliphatic carbocycles. The molecule has 0 amide bonds. The van der Waals surface area contributed by atoms with Gasteiger partial charge in [0.1, 0.15) is 5.75 Å². The number of aliphatic hydroxyl groups is 1. The number of aliphatic hydroxyl groups excluding tert-OH is 1. The van der Waals surface area contributed by atoms with Crippen molar-refractivity contribution in [1.29, 1.82) is 0 Å². The van der Waals surface area contributed by atoms with Crippen molar-refractivity contribution in [3.63, 3.8) is 0 Å². The smallest absolute Gasteiger partial charge is 0.165 e. The van der Waals surface area contributed by atoms with Crippen molar-refractivity contribution in [3.8, 4) is 11.5 Å². The van der Waals surface area contributed by atoms with E-state index in [-0.39, 0.29) is 11.2 Å². The summed E-state index contributed by atoms with van der Waals surface area (Å²) in [6.45, 7) is 0. The first-order valence-electron chi connectivity index (χ1n) is 9.50. The van der Waals surface area contributed by atoms with E-state index in [0.29, 0.717) is 18.6 Å². The van der Waals surface area contributed by atoms with Gasteiger partial charge < -0.3 is 9.84 Å². The summed E-state index contributed by atoms with van der Waals surface area (Å²) in [5, 5.41) is 11.4. The molecule has 4 rings (SSSR count). The van der Waals surface area contributed by atoms with E-state index in [1.54, 1.807) is 24.3 Å². The molecule has 1 atom stereocenters. The summed E-state index contributed by atoms with van der Waals surface area (Å²) in [6.07, 6.45) is 2.77. The third kappa shape index (κ3) is 4.37. The molecule has 0 bridgehead atoms. The molecule has 1 N–H and O–H groups in total. The maximum atomic E-state index is 14.1. The third-order valence-electron chi connectivity index (χ3n) is 5.37. The minimum Gasteiger partial charge on any atom is -0.454 e. The molecule has 3 aromatic carbocycles. The zero-order valence-electron chi connectivity index (χ0n) is 15.4. The quantitative estimate of drug-likeness (QED) is 0.508. The van der Waals surface area contributed by atoms with Gasteiger partial charge in [-0.25, -0.2) is 4.39 Å². The third-order valence-corrected chi connectivity index (χ3v) is 5.63. The molecule has 0 radical (unpaired) electrons. The monoisotopic (exact) mass is 396 g/mol. The van der Waals surface area contributed by atoms with Gasteiger partial charge in [0.2, 0.25) is 0 Å². The second-order valence-corrected chi connectivity index (χ2v) is 7.97. The Morgan fingerprint density at radius 1 is 1.00 bits per heavy atom. The van der Waals surface area contributed by atoms with Crippen LogP contribution in [-0.4, -0.2) is 11.2 Å². The van der Waals surface area contributed by atoms with Gasteiger partial charge in [-0.3, -0.25) is 0 Å². The summed E-state index contributed by atoms with van der Waals surface area (Å²) in [7, 11) is 0. The highest BCUT2D eigenvalue weighted by Crippen LogP contribution is 2.52. The van der Waals surface area contributed by atoms with E-state index in [1.807, 2.05) is 42.5 Å².